The van der Waals surface area contributed by atoms with Crippen LogP contribution in [0, 0.1) is 6.92 Å². The van der Waals surface area contributed by atoms with Crippen molar-refractivity contribution in [3.63, 3.8) is 0 Å². The second kappa shape index (κ2) is 4.31. The molecule has 0 saturated heterocycles. The van der Waals surface area contributed by atoms with Crippen LogP contribution in [0.25, 0.3) is 0 Å². The summed E-state index contributed by atoms with van der Waals surface area (Å²) in [5.74, 6) is 0. The second-order valence-electron chi connectivity index (χ2n) is 2.69. The number of halogens is 4. The van der Waals surface area contributed by atoms with Gasteiger partial charge in [0.25, 0.3) is 15.5 Å². The van der Waals surface area contributed by atoms with Crippen molar-refractivity contribution in [3.05, 3.63) is 21.8 Å². The number of nitrogens with zero attached hydrogens (tertiary/aromatic N) is 1. The molecule has 0 atom stereocenters. The lowest BCUT2D eigenvalue weighted by molar-refractivity contribution is 0.150. The van der Waals surface area contributed by atoms with Gasteiger partial charge in [-0.15, -0.1) is 0 Å². The van der Waals surface area contributed by atoms with E-state index in [1.54, 1.807) is 0 Å². The van der Waals surface area contributed by atoms with Crippen molar-refractivity contribution < 1.29 is 17.2 Å². The average Bonchev–Trinajstić information content (AvgIpc) is 2.06. The highest BCUT2D eigenvalue weighted by atomic mass is 79.9. The summed E-state index contributed by atoms with van der Waals surface area (Å²) in [5, 5.41) is -0.453. The molecule has 0 saturated carbocycles. The van der Waals surface area contributed by atoms with Gasteiger partial charge in [-0.25, -0.2) is 22.2 Å². The van der Waals surface area contributed by atoms with Crippen molar-refractivity contribution in [2.75, 3.05) is 0 Å². The Morgan fingerprint density at radius 3 is 2.47 bits per heavy atom. The summed E-state index contributed by atoms with van der Waals surface area (Å²) in [5.41, 5.74) is -0.390. The fraction of sp³-hybridized carbons (Fsp3) is 0.286. The Bertz CT molecular complexity index is 492. The van der Waals surface area contributed by atoms with E-state index < -0.39 is 20.5 Å². The summed E-state index contributed by atoms with van der Waals surface area (Å²) >= 11 is 2.83. The van der Waals surface area contributed by atoms with Crippen LogP contribution in [0.15, 0.2) is 15.6 Å². The monoisotopic (exact) mass is 319 g/mol. The van der Waals surface area contributed by atoms with Crippen LogP contribution in [0.1, 0.15) is 17.7 Å². The van der Waals surface area contributed by atoms with E-state index in [-0.39, 0.29) is 15.7 Å². The number of pyridine rings is 1. The normalized spacial score (nSPS) is 12.1. The molecule has 0 aliphatic rings. The molecule has 0 unspecified atom stereocenters. The van der Waals surface area contributed by atoms with E-state index in [1.807, 2.05) is 0 Å². The number of hydrogen-bond donors (Lipinski definition) is 0. The predicted octanol–water partition coefficient (Wildman–Crippen LogP) is 3.02. The Kier molecular flexibility index (Phi) is 3.67. The summed E-state index contributed by atoms with van der Waals surface area (Å²) in [6.45, 7) is 1.29. The lowest BCUT2D eigenvalue weighted by Gasteiger charge is -2.07. The molecule has 0 spiro atoms. The molecular weight excluding hydrogens is 316 g/mol. The Morgan fingerprint density at radius 1 is 1.53 bits per heavy atom. The topological polar surface area (TPSA) is 47.0 Å². The minimum absolute atomic E-state index is 0.0626. The zero-order chi connectivity index (χ0) is 11.8. The molecule has 1 aromatic rings. The largest absolute Gasteiger partial charge is 0.279 e. The van der Waals surface area contributed by atoms with Gasteiger partial charge in [-0.3, -0.25) is 0 Å². The van der Waals surface area contributed by atoms with Crippen molar-refractivity contribution in [3.8, 4) is 0 Å². The maximum absolute atomic E-state index is 12.4. The lowest BCUT2D eigenvalue weighted by Crippen LogP contribution is -2.02. The third kappa shape index (κ3) is 2.85. The minimum atomic E-state index is -4.03. The second-order valence-corrected chi connectivity index (χ2v) is 6.02. The molecule has 0 N–H and O–H groups in total. The number of rotatable bonds is 2. The molecule has 0 aromatic carbocycles. The maximum atomic E-state index is 12.4. The van der Waals surface area contributed by atoms with Gasteiger partial charge < -0.3 is 0 Å². The fourth-order valence-electron chi connectivity index (χ4n) is 0.965. The molecule has 1 rings (SSSR count). The molecule has 15 heavy (non-hydrogen) atoms. The smallest absolute Gasteiger partial charge is 0.239 e. The highest BCUT2D eigenvalue weighted by Gasteiger charge is 2.21. The van der Waals surface area contributed by atoms with Gasteiger partial charge in [0.1, 0.15) is 0 Å². The van der Waals surface area contributed by atoms with Gasteiger partial charge in [0, 0.05) is 21.9 Å². The number of aromatic nitrogens is 1. The van der Waals surface area contributed by atoms with Crippen molar-refractivity contribution in [2.45, 2.75) is 18.4 Å². The first kappa shape index (κ1) is 12.8. The SMILES string of the molecule is Cc1nc(S(=O)(=O)Cl)c(Br)cc1C(F)F. The number of aryl methyl sites for hydroxylation is 1. The molecule has 0 radical (unpaired) electrons. The van der Waals surface area contributed by atoms with Gasteiger partial charge in [-0.05, 0) is 28.9 Å². The highest BCUT2D eigenvalue weighted by molar-refractivity contribution is 9.10. The molecular formula is C7H5BrClF2NO2S. The van der Waals surface area contributed by atoms with Gasteiger partial charge in [0.15, 0.2) is 5.03 Å². The quantitative estimate of drug-likeness (QED) is 0.787. The van der Waals surface area contributed by atoms with Crippen molar-refractivity contribution >= 4 is 35.7 Å². The van der Waals surface area contributed by atoms with E-state index in [4.69, 9.17) is 10.7 Å². The van der Waals surface area contributed by atoms with E-state index in [0.29, 0.717) is 0 Å². The van der Waals surface area contributed by atoms with Crippen LogP contribution >= 0.6 is 26.6 Å². The Balaban J connectivity index is 3.46. The van der Waals surface area contributed by atoms with Gasteiger partial charge in [0.05, 0.1) is 4.47 Å². The zero-order valence-corrected chi connectivity index (χ0v) is 10.5. The van der Waals surface area contributed by atoms with Crippen LogP contribution in [-0.4, -0.2) is 13.4 Å². The molecule has 8 heteroatoms. The van der Waals surface area contributed by atoms with E-state index in [9.17, 15) is 17.2 Å². The standard InChI is InChI=1S/C7H5BrClF2NO2S/c1-3-4(6(10)11)2-5(8)7(12-3)15(9,13)14/h2,6H,1H3. The molecule has 84 valence electrons. The summed E-state index contributed by atoms with van der Waals surface area (Å²) in [4.78, 5) is 3.52. The van der Waals surface area contributed by atoms with Gasteiger partial charge in [-0.2, -0.15) is 0 Å². The number of alkyl halides is 2. The van der Waals surface area contributed by atoms with Crippen LogP contribution in [0.3, 0.4) is 0 Å². The average molecular weight is 321 g/mol. The molecule has 1 heterocycles. The molecule has 0 amide bonds. The van der Waals surface area contributed by atoms with Gasteiger partial charge in [-0.1, -0.05) is 0 Å². The highest BCUT2D eigenvalue weighted by Crippen LogP contribution is 2.29. The zero-order valence-electron chi connectivity index (χ0n) is 7.34. The van der Waals surface area contributed by atoms with Crippen molar-refractivity contribution in [1.82, 2.24) is 4.98 Å². The van der Waals surface area contributed by atoms with Crippen LogP contribution in [-0.2, 0) is 9.05 Å². The van der Waals surface area contributed by atoms with Crippen LogP contribution in [0.2, 0.25) is 0 Å². The molecule has 0 aliphatic carbocycles. The first-order valence-electron chi connectivity index (χ1n) is 3.63. The van der Waals surface area contributed by atoms with E-state index in [2.05, 4.69) is 20.9 Å². The molecule has 0 fully saturated rings. The maximum Gasteiger partial charge on any atom is 0.279 e. The van der Waals surface area contributed by atoms with E-state index in [1.165, 1.54) is 6.92 Å². The first-order chi connectivity index (χ1) is 6.73. The van der Waals surface area contributed by atoms with Crippen molar-refractivity contribution in [1.29, 1.82) is 0 Å². The van der Waals surface area contributed by atoms with Crippen LogP contribution in [0.5, 0.6) is 0 Å². The summed E-state index contributed by atoms with van der Waals surface area (Å²) in [6.07, 6.45) is -2.71. The fourth-order valence-corrected chi connectivity index (χ4v) is 3.11. The number of hydrogen-bond acceptors (Lipinski definition) is 3. The van der Waals surface area contributed by atoms with Gasteiger partial charge in [0.2, 0.25) is 0 Å². The van der Waals surface area contributed by atoms with Crippen LogP contribution in [0.4, 0.5) is 8.78 Å². The first-order valence-corrected chi connectivity index (χ1v) is 6.73. The molecule has 0 aliphatic heterocycles. The molecule has 3 nitrogen and oxygen atoms in total. The van der Waals surface area contributed by atoms with Crippen LogP contribution < -0.4 is 0 Å². The Morgan fingerprint density at radius 2 is 2.07 bits per heavy atom. The third-order valence-corrected chi connectivity index (χ3v) is 3.72. The summed E-state index contributed by atoms with van der Waals surface area (Å²) in [7, 11) is 1.03. The Labute approximate surface area is 98.0 Å². The molecule has 1 aromatic heterocycles. The van der Waals surface area contributed by atoms with E-state index in [0.717, 1.165) is 6.07 Å². The van der Waals surface area contributed by atoms with Crippen molar-refractivity contribution in [2.24, 2.45) is 0 Å². The molecule has 0 bridgehead atoms. The predicted molar refractivity (Wildman–Crippen MR) is 54.7 cm³/mol. The Hall–Kier alpha value is -0.270. The third-order valence-electron chi connectivity index (χ3n) is 1.64. The lowest BCUT2D eigenvalue weighted by atomic mass is 10.2. The minimum Gasteiger partial charge on any atom is -0.239 e. The summed E-state index contributed by atoms with van der Waals surface area (Å²) in [6, 6.07) is 1.00. The van der Waals surface area contributed by atoms with E-state index >= 15 is 0 Å². The van der Waals surface area contributed by atoms with Gasteiger partial charge >= 0.3 is 0 Å². The summed E-state index contributed by atoms with van der Waals surface area (Å²) < 4.78 is 46.7.